The highest BCUT2D eigenvalue weighted by Crippen LogP contribution is 2.47. The second-order valence-corrected chi connectivity index (χ2v) is 6.70. The number of aromatic nitrogens is 2. The van der Waals surface area contributed by atoms with Gasteiger partial charge in [-0.05, 0) is 22.6 Å². The minimum atomic E-state index is -2.34. The lowest BCUT2D eigenvalue weighted by Crippen LogP contribution is -2.43. The fraction of sp³-hybridized carbons (Fsp3) is 0.538. The van der Waals surface area contributed by atoms with Gasteiger partial charge in [0.25, 0.3) is 5.56 Å². The fourth-order valence-electron chi connectivity index (χ4n) is 2.24. The van der Waals surface area contributed by atoms with Gasteiger partial charge in [0, 0.05) is 26.1 Å². The molecule has 24 heavy (non-hydrogen) atoms. The Labute approximate surface area is 148 Å². The van der Waals surface area contributed by atoms with Crippen LogP contribution < -0.4 is 11.2 Å². The van der Waals surface area contributed by atoms with Gasteiger partial charge in [0.05, 0.1) is 0 Å². The number of H-pyrrole nitrogens is 1. The van der Waals surface area contributed by atoms with Crippen molar-refractivity contribution in [1.82, 2.24) is 9.55 Å². The quantitative estimate of drug-likeness (QED) is 0.386. The Morgan fingerprint density at radius 1 is 1.42 bits per heavy atom. The van der Waals surface area contributed by atoms with Gasteiger partial charge < -0.3 is 14.2 Å². The van der Waals surface area contributed by atoms with Gasteiger partial charge in [-0.25, -0.2) is 9.18 Å². The summed E-state index contributed by atoms with van der Waals surface area (Å²) in [6, 6.07) is 1.03. The minimum absolute atomic E-state index is 0.365. The second-order valence-electron chi connectivity index (χ2n) is 5.05. The van der Waals surface area contributed by atoms with Crippen LogP contribution in [-0.2, 0) is 23.8 Å². The predicted octanol–water partition coefficient (Wildman–Crippen LogP) is 0.0296. The first-order valence-corrected chi connectivity index (χ1v) is 7.86. The van der Waals surface area contributed by atoms with Crippen LogP contribution in [0.25, 0.3) is 0 Å². The lowest BCUT2D eigenvalue weighted by Gasteiger charge is -2.25. The van der Waals surface area contributed by atoms with Crippen LogP contribution >= 0.6 is 22.6 Å². The maximum Gasteiger partial charge on any atom is 0.330 e. The summed E-state index contributed by atoms with van der Waals surface area (Å²) in [5.74, 6) is -1.38. The normalized spacial score (nSPS) is 29.2. The maximum atomic E-state index is 15.2. The van der Waals surface area contributed by atoms with E-state index in [0.717, 1.165) is 30.7 Å². The van der Waals surface area contributed by atoms with E-state index in [1.165, 1.54) is 22.6 Å². The van der Waals surface area contributed by atoms with Crippen molar-refractivity contribution in [3.63, 3.8) is 0 Å². The zero-order valence-electron chi connectivity index (χ0n) is 12.7. The molecule has 1 aliphatic rings. The maximum absolute atomic E-state index is 15.2. The number of halogens is 2. The van der Waals surface area contributed by atoms with Crippen molar-refractivity contribution < 1.29 is 28.2 Å². The third kappa shape index (κ3) is 3.83. The molecule has 1 aromatic rings. The molecule has 1 N–H and O–H groups in total. The van der Waals surface area contributed by atoms with Crippen LogP contribution in [0.5, 0.6) is 0 Å². The Morgan fingerprint density at radius 2 is 2.08 bits per heavy atom. The summed E-state index contributed by atoms with van der Waals surface area (Å²) >= 11 is 1.36. The number of hydrogen-bond donors (Lipinski definition) is 1. The molecule has 132 valence electrons. The number of aromatic amines is 1. The van der Waals surface area contributed by atoms with Crippen LogP contribution in [0.4, 0.5) is 4.39 Å². The fourth-order valence-corrected chi connectivity index (χ4v) is 3.21. The first-order valence-electron chi connectivity index (χ1n) is 6.78. The third-order valence-electron chi connectivity index (χ3n) is 3.20. The molecule has 11 heteroatoms. The number of alkyl halides is 2. The van der Waals surface area contributed by atoms with Crippen molar-refractivity contribution in [2.75, 3.05) is 6.61 Å². The summed E-state index contributed by atoms with van der Waals surface area (Å²) in [5.41, 5.74) is -1.54. The molecule has 0 aromatic carbocycles. The zero-order chi connectivity index (χ0) is 18.1. The summed E-state index contributed by atoms with van der Waals surface area (Å²) in [6.07, 6.45) is -2.97. The molecule has 4 atom stereocenters. The SMILES string of the molecule is CC(=O)OC[C@H]1O[C@@H](n2ccc(=O)[nH]c2=O)[C@@](F)(I)[C@@H]1OC(C)=O. The predicted molar refractivity (Wildman–Crippen MR) is 85.3 cm³/mol. The molecule has 0 saturated carbocycles. The van der Waals surface area contributed by atoms with Crippen LogP contribution in [0.15, 0.2) is 21.9 Å². The Kier molecular flexibility index (Phi) is 5.42. The molecule has 0 amide bonds. The van der Waals surface area contributed by atoms with Gasteiger partial charge >= 0.3 is 17.6 Å². The van der Waals surface area contributed by atoms with E-state index < -0.39 is 45.3 Å². The van der Waals surface area contributed by atoms with Crippen LogP contribution in [0.1, 0.15) is 20.1 Å². The minimum Gasteiger partial charge on any atom is -0.463 e. The molecule has 0 spiro atoms. The molecule has 0 bridgehead atoms. The summed E-state index contributed by atoms with van der Waals surface area (Å²) in [5, 5.41) is 0. The smallest absolute Gasteiger partial charge is 0.330 e. The third-order valence-corrected chi connectivity index (χ3v) is 4.34. The van der Waals surface area contributed by atoms with Gasteiger partial charge in [-0.15, -0.1) is 0 Å². The van der Waals surface area contributed by atoms with Gasteiger partial charge in [-0.1, -0.05) is 0 Å². The van der Waals surface area contributed by atoms with Crippen LogP contribution in [-0.4, -0.2) is 44.0 Å². The lowest BCUT2D eigenvalue weighted by molar-refractivity contribution is -0.156. The molecule has 0 radical (unpaired) electrons. The average Bonchev–Trinajstić information content (AvgIpc) is 2.68. The molecular formula is C13H14FIN2O7. The monoisotopic (exact) mass is 456 g/mol. The number of nitrogens with one attached hydrogen (secondary N) is 1. The van der Waals surface area contributed by atoms with Crippen LogP contribution in [0.3, 0.4) is 0 Å². The van der Waals surface area contributed by atoms with Gasteiger partial charge in [0.15, 0.2) is 12.3 Å². The number of rotatable bonds is 4. The van der Waals surface area contributed by atoms with Gasteiger partial charge in [-0.2, -0.15) is 0 Å². The standard InChI is InChI=1S/C13H14FIN2O7/c1-6(18)22-5-8-10(23-7(2)19)13(14,15)11(24-8)17-4-3-9(20)16-12(17)21/h3-4,8,10-11H,5H2,1-2H3,(H,16,20,21)/t8-,10-,11-,13+/m1/s1. The van der Waals surface area contributed by atoms with Gasteiger partial charge in [0.2, 0.25) is 3.68 Å². The highest BCUT2D eigenvalue weighted by Gasteiger charge is 2.60. The summed E-state index contributed by atoms with van der Waals surface area (Å²) < 4.78 is 28.9. The van der Waals surface area contributed by atoms with Crippen LogP contribution in [0.2, 0.25) is 0 Å². The first kappa shape index (κ1) is 18.6. The van der Waals surface area contributed by atoms with E-state index in [4.69, 9.17) is 14.2 Å². The molecule has 9 nitrogen and oxygen atoms in total. The Bertz CT molecular complexity index is 759. The molecule has 0 aliphatic carbocycles. The van der Waals surface area contributed by atoms with Gasteiger partial charge in [0.1, 0.15) is 12.7 Å². The molecule has 1 aromatic heterocycles. The summed E-state index contributed by atoms with van der Waals surface area (Å²) in [4.78, 5) is 47.2. The van der Waals surface area contributed by atoms with E-state index in [0.29, 0.717) is 0 Å². The van der Waals surface area contributed by atoms with Crippen molar-refractivity contribution in [2.45, 2.75) is 36.0 Å². The number of esters is 2. The Hall–Kier alpha value is -1.76. The van der Waals surface area contributed by atoms with E-state index in [1.54, 1.807) is 0 Å². The number of hydrogen-bond acceptors (Lipinski definition) is 7. The molecule has 1 saturated heterocycles. The van der Waals surface area contributed by atoms with Crippen molar-refractivity contribution >= 4 is 34.5 Å². The Morgan fingerprint density at radius 3 is 2.62 bits per heavy atom. The van der Waals surface area contributed by atoms with E-state index >= 15 is 4.39 Å². The molecule has 2 heterocycles. The molecular weight excluding hydrogens is 442 g/mol. The van der Waals surface area contributed by atoms with E-state index in [1.807, 2.05) is 4.98 Å². The number of carbonyl (C=O) groups excluding carboxylic acids is 2. The average molecular weight is 456 g/mol. The van der Waals surface area contributed by atoms with Gasteiger partial charge in [-0.3, -0.25) is 23.9 Å². The van der Waals surface area contributed by atoms with Crippen molar-refractivity contribution in [3.05, 3.63) is 33.1 Å². The number of carbonyl (C=O) groups is 2. The lowest BCUT2D eigenvalue weighted by atomic mass is 10.1. The van der Waals surface area contributed by atoms with E-state index in [-0.39, 0.29) is 6.61 Å². The highest BCUT2D eigenvalue weighted by atomic mass is 127. The van der Waals surface area contributed by atoms with Crippen molar-refractivity contribution in [1.29, 1.82) is 0 Å². The molecule has 0 unspecified atom stereocenters. The zero-order valence-corrected chi connectivity index (χ0v) is 14.8. The summed E-state index contributed by atoms with van der Waals surface area (Å²) in [6.45, 7) is 1.89. The van der Waals surface area contributed by atoms with E-state index in [2.05, 4.69) is 0 Å². The van der Waals surface area contributed by atoms with Crippen molar-refractivity contribution in [2.24, 2.45) is 0 Å². The number of nitrogens with zero attached hydrogens (tertiary/aromatic N) is 1. The largest absolute Gasteiger partial charge is 0.463 e. The molecule has 1 aliphatic heterocycles. The van der Waals surface area contributed by atoms with Crippen LogP contribution in [0, 0.1) is 0 Å². The second kappa shape index (κ2) is 7.01. The number of ether oxygens (including phenoxy) is 3. The van der Waals surface area contributed by atoms with E-state index in [9.17, 15) is 19.2 Å². The summed E-state index contributed by atoms with van der Waals surface area (Å²) in [7, 11) is 0. The Balaban J connectivity index is 2.38. The molecule has 2 rings (SSSR count). The first-order chi connectivity index (χ1) is 11.1. The molecule has 1 fully saturated rings. The van der Waals surface area contributed by atoms with Crippen molar-refractivity contribution in [3.8, 4) is 0 Å². The topological polar surface area (TPSA) is 117 Å². The highest BCUT2D eigenvalue weighted by molar-refractivity contribution is 14.1.